The lowest BCUT2D eigenvalue weighted by Gasteiger charge is -2.32. The molecule has 2 aromatic rings. The molecule has 3 N–H and O–H groups in total. The van der Waals surface area contributed by atoms with Gasteiger partial charge in [0.2, 0.25) is 0 Å². The minimum atomic E-state index is -0.0906. The van der Waals surface area contributed by atoms with E-state index in [0.717, 1.165) is 24.6 Å². The van der Waals surface area contributed by atoms with Crippen molar-refractivity contribution in [3.63, 3.8) is 0 Å². The zero-order chi connectivity index (χ0) is 21.6. The summed E-state index contributed by atoms with van der Waals surface area (Å²) in [7, 11) is 3.81. The van der Waals surface area contributed by atoms with Crippen LogP contribution >= 0.6 is 0 Å². The SMILES string of the molecule is CN=C(NCC(C)(C)NC(C)c1ccccc1)NC(C)Cc1c(C)nn(C)c1C. The van der Waals surface area contributed by atoms with E-state index in [1.165, 1.54) is 16.8 Å². The molecule has 0 bridgehead atoms. The van der Waals surface area contributed by atoms with E-state index in [1.54, 1.807) is 0 Å². The molecule has 6 nitrogen and oxygen atoms in total. The number of nitrogens with one attached hydrogen (secondary N) is 3. The van der Waals surface area contributed by atoms with Gasteiger partial charge in [0.25, 0.3) is 0 Å². The molecule has 29 heavy (non-hydrogen) atoms. The molecule has 0 saturated heterocycles. The van der Waals surface area contributed by atoms with E-state index in [0.29, 0.717) is 0 Å². The predicted molar refractivity (Wildman–Crippen MR) is 122 cm³/mol. The summed E-state index contributed by atoms with van der Waals surface area (Å²) >= 11 is 0. The van der Waals surface area contributed by atoms with Crippen LogP contribution in [0.25, 0.3) is 0 Å². The number of hydrogen-bond donors (Lipinski definition) is 3. The fraction of sp³-hybridized carbons (Fsp3) is 0.565. The Bertz CT molecular complexity index is 806. The molecule has 0 fully saturated rings. The highest BCUT2D eigenvalue weighted by Crippen LogP contribution is 2.16. The van der Waals surface area contributed by atoms with Gasteiger partial charge in [-0.1, -0.05) is 30.3 Å². The molecule has 6 heteroatoms. The van der Waals surface area contributed by atoms with Crippen LogP contribution in [0.15, 0.2) is 35.3 Å². The summed E-state index contributed by atoms with van der Waals surface area (Å²) in [6, 6.07) is 11.1. The Morgan fingerprint density at radius 3 is 2.38 bits per heavy atom. The normalized spacial score (nSPS) is 14.6. The van der Waals surface area contributed by atoms with E-state index in [1.807, 2.05) is 24.8 Å². The first-order chi connectivity index (χ1) is 13.6. The van der Waals surface area contributed by atoms with Gasteiger partial charge in [-0.25, -0.2) is 0 Å². The summed E-state index contributed by atoms with van der Waals surface area (Å²) in [4.78, 5) is 4.41. The summed E-state index contributed by atoms with van der Waals surface area (Å²) < 4.78 is 1.95. The molecular formula is C23H38N6. The van der Waals surface area contributed by atoms with Gasteiger partial charge in [0.1, 0.15) is 0 Å². The molecule has 2 rings (SSSR count). The highest BCUT2D eigenvalue weighted by atomic mass is 15.3. The summed E-state index contributed by atoms with van der Waals surface area (Å²) in [6.07, 6.45) is 0.916. The Morgan fingerprint density at radius 1 is 1.17 bits per heavy atom. The Labute approximate surface area is 176 Å². The summed E-state index contributed by atoms with van der Waals surface area (Å²) in [5, 5.41) is 15.2. The van der Waals surface area contributed by atoms with Gasteiger partial charge in [-0.2, -0.15) is 5.10 Å². The van der Waals surface area contributed by atoms with E-state index >= 15 is 0 Å². The first-order valence-corrected chi connectivity index (χ1v) is 10.4. The monoisotopic (exact) mass is 398 g/mol. The quantitative estimate of drug-likeness (QED) is 0.472. The standard InChI is InChI=1S/C23H38N6/c1-16(14-21-18(3)28-29(8)19(21)4)26-22(24-7)25-15-23(5,6)27-17(2)20-12-10-9-11-13-20/h9-13,16-17,27H,14-15H2,1-8H3,(H2,24,25,26). The molecule has 0 aliphatic heterocycles. The second kappa shape index (κ2) is 9.92. The molecule has 0 aliphatic rings. The van der Waals surface area contributed by atoms with Crippen LogP contribution in [0.1, 0.15) is 56.3 Å². The zero-order valence-corrected chi connectivity index (χ0v) is 19.3. The van der Waals surface area contributed by atoms with Crippen LogP contribution in [0.3, 0.4) is 0 Å². The summed E-state index contributed by atoms with van der Waals surface area (Å²) in [5.74, 6) is 0.818. The number of nitrogens with zero attached hydrogens (tertiary/aromatic N) is 3. The second-order valence-corrected chi connectivity index (χ2v) is 8.61. The molecule has 1 aromatic carbocycles. The maximum atomic E-state index is 4.52. The van der Waals surface area contributed by atoms with Crippen molar-refractivity contribution in [2.45, 2.75) is 65.6 Å². The Morgan fingerprint density at radius 2 is 1.83 bits per heavy atom. The van der Waals surface area contributed by atoms with Crippen LogP contribution in [0.5, 0.6) is 0 Å². The minimum absolute atomic E-state index is 0.0906. The van der Waals surface area contributed by atoms with Crippen molar-refractivity contribution in [3.8, 4) is 0 Å². The van der Waals surface area contributed by atoms with Crippen LogP contribution in [0.2, 0.25) is 0 Å². The van der Waals surface area contributed by atoms with Crippen molar-refractivity contribution in [2.75, 3.05) is 13.6 Å². The molecule has 160 valence electrons. The third kappa shape index (κ3) is 6.60. The van der Waals surface area contributed by atoms with Gasteiger partial charge >= 0.3 is 0 Å². The fourth-order valence-corrected chi connectivity index (χ4v) is 3.67. The molecular weight excluding hydrogens is 360 g/mol. The molecule has 0 radical (unpaired) electrons. The molecule has 1 aromatic heterocycles. The van der Waals surface area contributed by atoms with E-state index in [9.17, 15) is 0 Å². The van der Waals surface area contributed by atoms with E-state index in [-0.39, 0.29) is 17.6 Å². The van der Waals surface area contributed by atoms with Gasteiger partial charge < -0.3 is 16.0 Å². The van der Waals surface area contributed by atoms with Crippen LogP contribution in [-0.2, 0) is 13.5 Å². The topological polar surface area (TPSA) is 66.3 Å². The van der Waals surface area contributed by atoms with Crippen molar-refractivity contribution >= 4 is 5.96 Å². The highest BCUT2D eigenvalue weighted by molar-refractivity contribution is 5.80. The lowest BCUT2D eigenvalue weighted by molar-refractivity contribution is 0.344. The van der Waals surface area contributed by atoms with Gasteiger partial charge in [0.05, 0.1) is 5.69 Å². The Hall–Kier alpha value is -2.34. The maximum Gasteiger partial charge on any atom is 0.191 e. The third-order valence-electron chi connectivity index (χ3n) is 5.38. The van der Waals surface area contributed by atoms with Crippen LogP contribution in [0.4, 0.5) is 0 Å². The number of aromatic nitrogens is 2. The maximum absolute atomic E-state index is 4.52. The van der Waals surface area contributed by atoms with Gasteiger partial charge in [-0.3, -0.25) is 9.67 Å². The second-order valence-electron chi connectivity index (χ2n) is 8.61. The molecule has 0 aliphatic carbocycles. The average Bonchev–Trinajstić information content (AvgIpc) is 2.91. The van der Waals surface area contributed by atoms with Crippen LogP contribution < -0.4 is 16.0 Å². The first kappa shape index (κ1) is 22.9. The van der Waals surface area contributed by atoms with Crippen molar-refractivity contribution < 1.29 is 0 Å². The van der Waals surface area contributed by atoms with E-state index in [4.69, 9.17) is 0 Å². The van der Waals surface area contributed by atoms with Gasteiger partial charge in [-0.15, -0.1) is 0 Å². The lowest BCUT2D eigenvalue weighted by atomic mass is 10.0. The van der Waals surface area contributed by atoms with Gasteiger partial charge in [0.15, 0.2) is 5.96 Å². The molecule has 0 amide bonds. The van der Waals surface area contributed by atoms with Crippen molar-refractivity contribution in [3.05, 3.63) is 52.8 Å². The molecule has 1 heterocycles. The molecule has 0 saturated carbocycles. The van der Waals surface area contributed by atoms with Crippen LogP contribution in [-0.4, -0.2) is 40.9 Å². The van der Waals surface area contributed by atoms with Gasteiger partial charge in [-0.05, 0) is 59.1 Å². The fourth-order valence-electron chi connectivity index (χ4n) is 3.67. The molecule has 2 atom stereocenters. The van der Waals surface area contributed by atoms with Crippen LogP contribution in [0, 0.1) is 13.8 Å². The molecule has 0 spiro atoms. The highest BCUT2D eigenvalue weighted by Gasteiger charge is 2.21. The number of guanidine groups is 1. The number of hydrogen-bond acceptors (Lipinski definition) is 3. The Balaban J connectivity index is 1.88. The molecule has 2 unspecified atom stereocenters. The summed E-state index contributed by atoms with van der Waals surface area (Å²) in [6.45, 7) is 13.8. The average molecular weight is 399 g/mol. The van der Waals surface area contributed by atoms with E-state index in [2.05, 4.69) is 91.8 Å². The number of benzene rings is 1. The third-order valence-corrected chi connectivity index (χ3v) is 5.38. The van der Waals surface area contributed by atoms with Crippen molar-refractivity contribution in [1.29, 1.82) is 0 Å². The zero-order valence-electron chi connectivity index (χ0n) is 19.3. The smallest absolute Gasteiger partial charge is 0.191 e. The summed E-state index contributed by atoms with van der Waals surface area (Å²) in [5.41, 5.74) is 4.83. The van der Waals surface area contributed by atoms with Crippen molar-refractivity contribution in [1.82, 2.24) is 25.7 Å². The number of aryl methyl sites for hydroxylation is 2. The first-order valence-electron chi connectivity index (χ1n) is 10.4. The number of aliphatic imine (C=N–C) groups is 1. The number of rotatable bonds is 8. The lowest BCUT2D eigenvalue weighted by Crippen LogP contribution is -2.53. The Kier molecular flexibility index (Phi) is 7.85. The van der Waals surface area contributed by atoms with E-state index < -0.39 is 0 Å². The minimum Gasteiger partial charge on any atom is -0.355 e. The van der Waals surface area contributed by atoms with Crippen molar-refractivity contribution in [2.24, 2.45) is 12.0 Å². The predicted octanol–water partition coefficient (Wildman–Crippen LogP) is 3.26. The van der Waals surface area contributed by atoms with Gasteiger partial charge in [0, 0.05) is 44.0 Å². The largest absolute Gasteiger partial charge is 0.355 e.